The number of halogens is 2. The van der Waals surface area contributed by atoms with Gasteiger partial charge in [-0.2, -0.15) is 8.78 Å². The highest BCUT2D eigenvalue weighted by atomic mass is 19.3. The van der Waals surface area contributed by atoms with Crippen LogP contribution in [0.15, 0.2) is 18.2 Å². The topological polar surface area (TPSA) is 50.8 Å². The first-order chi connectivity index (χ1) is 12.5. The molecule has 2 rings (SSSR count). The molecule has 7 heteroatoms. The fourth-order valence-corrected chi connectivity index (χ4v) is 3.32. The molecule has 146 valence electrons. The van der Waals surface area contributed by atoms with Gasteiger partial charge in [-0.15, -0.1) is 0 Å². The van der Waals surface area contributed by atoms with E-state index in [0.29, 0.717) is 6.54 Å². The first-order valence-electron chi connectivity index (χ1n) is 9.07. The van der Waals surface area contributed by atoms with Crippen LogP contribution < -0.4 is 14.8 Å². The largest absolute Gasteiger partial charge is 0.493 e. The van der Waals surface area contributed by atoms with Crippen LogP contribution >= 0.6 is 0 Å². The molecule has 0 heterocycles. The Morgan fingerprint density at radius 2 is 1.92 bits per heavy atom. The lowest BCUT2D eigenvalue weighted by Gasteiger charge is -2.21. The van der Waals surface area contributed by atoms with Crippen LogP contribution in [0.1, 0.15) is 44.1 Å². The maximum Gasteiger partial charge on any atom is 0.387 e. The molecule has 0 bridgehead atoms. The Kier molecular flexibility index (Phi) is 8.09. The molecule has 0 aliphatic heterocycles. The van der Waals surface area contributed by atoms with Crippen molar-refractivity contribution in [2.24, 2.45) is 0 Å². The molecule has 0 radical (unpaired) electrons. The molecule has 0 unspecified atom stereocenters. The molecule has 1 N–H and O–H groups in total. The second-order valence-corrected chi connectivity index (χ2v) is 6.79. The minimum Gasteiger partial charge on any atom is -0.493 e. The first-order valence-corrected chi connectivity index (χ1v) is 9.07. The SMILES string of the molecule is COc1ccc(CN(C)CC(=O)NC2CCCCCC2)cc1OC(F)F. The van der Waals surface area contributed by atoms with Crippen LogP contribution in [0, 0.1) is 0 Å². The Labute approximate surface area is 153 Å². The number of alkyl halides is 2. The van der Waals surface area contributed by atoms with Gasteiger partial charge in [0.15, 0.2) is 11.5 Å². The van der Waals surface area contributed by atoms with Gasteiger partial charge in [0.05, 0.1) is 13.7 Å². The lowest BCUT2D eigenvalue weighted by Crippen LogP contribution is -2.40. The number of likely N-dealkylation sites (N-methyl/N-ethyl adjacent to an activating group) is 1. The standard InChI is InChI=1S/C19H28F2N2O3/c1-23(13-18(24)22-15-7-5-3-4-6-8-15)12-14-9-10-16(25-2)17(11-14)26-19(20)21/h9-11,15,19H,3-8,12-13H2,1-2H3,(H,22,24). The summed E-state index contributed by atoms with van der Waals surface area (Å²) < 4.78 is 34.6. The summed E-state index contributed by atoms with van der Waals surface area (Å²) in [5.41, 5.74) is 0.770. The van der Waals surface area contributed by atoms with Crippen LogP contribution in [-0.2, 0) is 11.3 Å². The molecule has 0 atom stereocenters. The van der Waals surface area contributed by atoms with E-state index in [-0.39, 0.29) is 30.0 Å². The maximum atomic E-state index is 12.5. The van der Waals surface area contributed by atoms with E-state index < -0.39 is 6.61 Å². The summed E-state index contributed by atoms with van der Waals surface area (Å²) in [5, 5.41) is 3.11. The van der Waals surface area contributed by atoms with Crippen LogP contribution in [0.5, 0.6) is 11.5 Å². The normalized spacial score (nSPS) is 15.8. The van der Waals surface area contributed by atoms with Gasteiger partial charge < -0.3 is 14.8 Å². The fourth-order valence-electron chi connectivity index (χ4n) is 3.32. The van der Waals surface area contributed by atoms with E-state index in [0.717, 1.165) is 18.4 Å². The van der Waals surface area contributed by atoms with Gasteiger partial charge in [0.2, 0.25) is 5.91 Å². The van der Waals surface area contributed by atoms with Crippen molar-refractivity contribution in [2.75, 3.05) is 20.7 Å². The number of rotatable bonds is 8. The van der Waals surface area contributed by atoms with E-state index in [1.807, 2.05) is 11.9 Å². The van der Waals surface area contributed by atoms with E-state index in [9.17, 15) is 13.6 Å². The van der Waals surface area contributed by atoms with Gasteiger partial charge in [0.1, 0.15) is 0 Å². The zero-order valence-corrected chi connectivity index (χ0v) is 15.5. The van der Waals surface area contributed by atoms with E-state index in [1.54, 1.807) is 12.1 Å². The van der Waals surface area contributed by atoms with E-state index in [4.69, 9.17) is 4.74 Å². The molecule has 1 amide bonds. The van der Waals surface area contributed by atoms with Crippen molar-refractivity contribution >= 4 is 5.91 Å². The smallest absolute Gasteiger partial charge is 0.387 e. The zero-order chi connectivity index (χ0) is 18.9. The lowest BCUT2D eigenvalue weighted by molar-refractivity contribution is -0.122. The molecule has 0 saturated heterocycles. The predicted molar refractivity (Wildman–Crippen MR) is 95.6 cm³/mol. The molecule has 1 aliphatic carbocycles. The Bertz CT molecular complexity index is 576. The number of carbonyl (C=O) groups excluding carboxylic acids is 1. The van der Waals surface area contributed by atoms with E-state index in [2.05, 4.69) is 10.1 Å². The van der Waals surface area contributed by atoms with Gasteiger partial charge in [-0.05, 0) is 37.6 Å². The number of nitrogens with zero attached hydrogens (tertiary/aromatic N) is 1. The summed E-state index contributed by atoms with van der Waals surface area (Å²) in [5.74, 6) is 0.246. The summed E-state index contributed by atoms with van der Waals surface area (Å²) in [6.45, 7) is -2.21. The van der Waals surface area contributed by atoms with Crippen molar-refractivity contribution in [3.8, 4) is 11.5 Å². The molecule has 0 spiro atoms. The van der Waals surface area contributed by atoms with E-state index in [1.165, 1.54) is 38.9 Å². The average Bonchev–Trinajstić information content (AvgIpc) is 2.83. The average molecular weight is 370 g/mol. The van der Waals surface area contributed by atoms with Crippen molar-refractivity contribution in [3.63, 3.8) is 0 Å². The van der Waals surface area contributed by atoms with Gasteiger partial charge in [-0.1, -0.05) is 31.7 Å². The minimum absolute atomic E-state index is 0.00281. The number of methoxy groups -OCH3 is 1. The Morgan fingerprint density at radius 3 is 2.54 bits per heavy atom. The summed E-state index contributed by atoms with van der Waals surface area (Å²) in [7, 11) is 3.22. The molecule has 1 saturated carbocycles. The van der Waals surface area contributed by atoms with Gasteiger partial charge >= 0.3 is 6.61 Å². The second-order valence-electron chi connectivity index (χ2n) is 6.79. The van der Waals surface area contributed by atoms with Crippen LogP contribution in [-0.4, -0.2) is 44.2 Å². The van der Waals surface area contributed by atoms with Crippen LogP contribution in [0.2, 0.25) is 0 Å². The van der Waals surface area contributed by atoms with Crippen LogP contribution in [0.4, 0.5) is 8.78 Å². The predicted octanol–water partition coefficient (Wildman–Crippen LogP) is 3.57. The van der Waals surface area contributed by atoms with Gasteiger partial charge in [-0.25, -0.2) is 0 Å². The van der Waals surface area contributed by atoms with Gasteiger partial charge in [-0.3, -0.25) is 9.69 Å². The van der Waals surface area contributed by atoms with Crippen molar-refractivity contribution < 1.29 is 23.0 Å². The third-order valence-electron chi connectivity index (χ3n) is 4.53. The molecule has 1 fully saturated rings. The molecule has 0 aromatic heterocycles. The molecule has 1 aliphatic rings. The van der Waals surface area contributed by atoms with Crippen LogP contribution in [0.3, 0.4) is 0 Å². The number of amides is 1. The highest BCUT2D eigenvalue weighted by molar-refractivity contribution is 5.78. The zero-order valence-electron chi connectivity index (χ0n) is 15.5. The monoisotopic (exact) mass is 370 g/mol. The minimum atomic E-state index is -2.91. The fraction of sp³-hybridized carbons (Fsp3) is 0.632. The van der Waals surface area contributed by atoms with Gasteiger partial charge in [0.25, 0.3) is 0 Å². The number of benzene rings is 1. The highest BCUT2D eigenvalue weighted by Crippen LogP contribution is 2.29. The number of hydrogen-bond acceptors (Lipinski definition) is 4. The molecule has 26 heavy (non-hydrogen) atoms. The third kappa shape index (κ3) is 6.78. The van der Waals surface area contributed by atoms with Crippen molar-refractivity contribution in [3.05, 3.63) is 23.8 Å². The molecular formula is C19H28F2N2O3. The quantitative estimate of drug-likeness (QED) is 0.711. The summed E-state index contributed by atoms with van der Waals surface area (Å²) in [4.78, 5) is 14.1. The summed E-state index contributed by atoms with van der Waals surface area (Å²) in [6.07, 6.45) is 6.91. The van der Waals surface area contributed by atoms with Crippen molar-refractivity contribution in [2.45, 2.75) is 57.7 Å². The lowest BCUT2D eigenvalue weighted by atomic mass is 10.1. The Morgan fingerprint density at radius 1 is 1.23 bits per heavy atom. The molecular weight excluding hydrogens is 342 g/mol. The van der Waals surface area contributed by atoms with E-state index >= 15 is 0 Å². The third-order valence-corrected chi connectivity index (χ3v) is 4.53. The maximum absolute atomic E-state index is 12.5. The number of hydrogen-bond donors (Lipinski definition) is 1. The Balaban J connectivity index is 1.87. The number of carbonyl (C=O) groups is 1. The van der Waals surface area contributed by atoms with Crippen LogP contribution in [0.25, 0.3) is 0 Å². The second kappa shape index (κ2) is 10.3. The highest BCUT2D eigenvalue weighted by Gasteiger charge is 2.16. The number of nitrogens with one attached hydrogen (secondary N) is 1. The van der Waals surface area contributed by atoms with Gasteiger partial charge in [0, 0.05) is 12.6 Å². The number of ether oxygens (including phenoxy) is 2. The molecule has 1 aromatic carbocycles. The summed E-state index contributed by atoms with van der Waals surface area (Å²) in [6, 6.07) is 5.15. The summed E-state index contributed by atoms with van der Waals surface area (Å²) >= 11 is 0. The van der Waals surface area contributed by atoms with Crippen molar-refractivity contribution in [1.29, 1.82) is 0 Å². The van der Waals surface area contributed by atoms with Crippen molar-refractivity contribution in [1.82, 2.24) is 10.2 Å². The first kappa shape index (κ1) is 20.4. The Hall–Kier alpha value is -1.89. The molecule has 1 aromatic rings. The molecule has 5 nitrogen and oxygen atoms in total.